The Kier molecular flexibility index (Phi) is 8.53. The molecule has 8 heteroatoms. The first-order valence-electron chi connectivity index (χ1n) is 8.81. The molecule has 1 aromatic rings. The molecule has 1 amide bonds. The van der Waals surface area contributed by atoms with Gasteiger partial charge in [0.2, 0.25) is 10.0 Å². The lowest BCUT2D eigenvalue weighted by molar-refractivity contribution is 0.0796. The summed E-state index contributed by atoms with van der Waals surface area (Å²) in [5.74, 6) is -0.156. The fourth-order valence-corrected chi connectivity index (χ4v) is 4.87. The Morgan fingerprint density at radius 2 is 2.04 bits per heavy atom. The van der Waals surface area contributed by atoms with E-state index in [0.29, 0.717) is 25.2 Å². The van der Waals surface area contributed by atoms with Crippen LogP contribution in [0.1, 0.15) is 42.1 Å². The Morgan fingerprint density at radius 3 is 2.65 bits per heavy atom. The van der Waals surface area contributed by atoms with Gasteiger partial charge in [-0.3, -0.25) is 4.79 Å². The van der Waals surface area contributed by atoms with E-state index >= 15 is 0 Å². The lowest BCUT2D eigenvalue weighted by Gasteiger charge is -2.32. The number of nitrogens with zero attached hydrogens (tertiary/aromatic N) is 2. The Bertz CT molecular complexity index is 724. The van der Waals surface area contributed by atoms with Crippen molar-refractivity contribution in [1.82, 2.24) is 14.5 Å². The van der Waals surface area contributed by atoms with Crippen molar-refractivity contribution in [2.75, 3.05) is 33.7 Å². The van der Waals surface area contributed by atoms with Crippen LogP contribution in [0.25, 0.3) is 0 Å². The van der Waals surface area contributed by atoms with Gasteiger partial charge in [0.05, 0.1) is 4.90 Å². The van der Waals surface area contributed by atoms with Gasteiger partial charge in [-0.1, -0.05) is 12.5 Å². The van der Waals surface area contributed by atoms with Gasteiger partial charge in [-0.15, -0.1) is 12.4 Å². The standard InChI is InChI=1S/C18H29N3O3S.ClH/c1-14-8-9-16(13-17(14)18(22)20(4)12-10-19-3)25(23,24)21-11-6-5-7-15(21)2;/h8-9,13,15,19H,5-7,10-12H2,1-4H3;1H. The fourth-order valence-electron chi connectivity index (χ4n) is 3.14. The highest BCUT2D eigenvalue weighted by Gasteiger charge is 2.31. The van der Waals surface area contributed by atoms with Crippen LogP contribution < -0.4 is 5.32 Å². The van der Waals surface area contributed by atoms with Crippen molar-refractivity contribution >= 4 is 28.3 Å². The summed E-state index contributed by atoms with van der Waals surface area (Å²) in [5, 5.41) is 3.01. The molecule has 1 fully saturated rings. The summed E-state index contributed by atoms with van der Waals surface area (Å²) in [6.07, 6.45) is 2.82. The third kappa shape index (κ3) is 4.97. The normalized spacial score (nSPS) is 18.2. The summed E-state index contributed by atoms with van der Waals surface area (Å²) >= 11 is 0. The minimum absolute atomic E-state index is 0. The molecular formula is C18H30ClN3O3S. The summed E-state index contributed by atoms with van der Waals surface area (Å²) in [4.78, 5) is 14.5. The maximum Gasteiger partial charge on any atom is 0.253 e. The number of carbonyl (C=O) groups excluding carboxylic acids is 1. The number of hydrogen-bond donors (Lipinski definition) is 1. The predicted octanol–water partition coefficient (Wildman–Crippen LogP) is 2.27. The number of piperidine rings is 1. The number of nitrogens with one attached hydrogen (secondary N) is 1. The molecule has 1 aromatic carbocycles. The second-order valence-electron chi connectivity index (χ2n) is 6.77. The Hall–Kier alpha value is -1.15. The van der Waals surface area contributed by atoms with Crippen molar-refractivity contribution in [3.05, 3.63) is 29.3 Å². The van der Waals surface area contributed by atoms with Crippen LogP contribution in [0.15, 0.2) is 23.1 Å². The number of rotatable bonds is 6. The summed E-state index contributed by atoms with van der Waals surface area (Å²) in [6, 6.07) is 4.86. The number of halogens is 1. The average Bonchev–Trinajstić information content (AvgIpc) is 2.59. The smallest absolute Gasteiger partial charge is 0.253 e. The number of amides is 1. The minimum Gasteiger partial charge on any atom is -0.340 e. The van der Waals surface area contributed by atoms with Crippen LogP contribution in [0, 0.1) is 6.92 Å². The Labute approximate surface area is 163 Å². The fraction of sp³-hybridized carbons (Fsp3) is 0.611. The summed E-state index contributed by atoms with van der Waals surface area (Å²) in [6.45, 7) is 5.57. The van der Waals surface area contributed by atoms with E-state index in [1.807, 2.05) is 20.9 Å². The number of hydrogen-bond acceptors (Lipinski definition) is 4. The largest absolute Gasteiger partial charge is 0.340 e. The van der Waals surface area contributed by atoms with Gasteiger partial charge >= 0.3 is 0 Å². The number of likely N-dealkylation sites (N-methyl/N-ethyl adjacent to an activating group) is 2. The van der Waals surface area contributed by atoms with Crippen molar-refractivity contribution in [2.45, 2.75) is 44.0 Å². The molecule has 148 valence electrons. The molecule has 1 aliphatic rings. The third-order valence-corrected chi connectivity index (χ3v) is 6.84. The van der Waals surface area contributed by atoms with Gasteiger partial charge in [0.15, 0.2) is 0 Å². The first kappa shape index (κ1) is 22.9. The van der Waals surface area contributed by atoms with Gasteiger partial charge in [-0.2, -0.15) is 4.31 Å². The molecule has 1 N–H and O–H groups in total. The van der Waals surface area contributed by atoms with E-state index in [4.69, 9.17) is 0 Å². The molecule has 0 aromatic heterocycles. The lowest BCUT2D eigenvalue weighted by Crippen LogP contribution is -2.42. The van der Waals surface area contributed by atoms with E-state index in [0.717, 1.165) is 24.8 Å². The number of sulfonamides is 1. The molecule has 1 atom stereocenters. The molecular weight excluding hydrogens is 374 g/mol. The quantitative estimate of drug-likeness (QED) is 0.791. The zero-order chi connectivity index (χ0) is 18.6. The van der Waals surface area contributed by atoms with E-state index in [1.165, 1.54) is 6.07 Å². The van der Waals surface area contributed by atoms with Crippen LogP contribution in [-0.2, 0) is 10.0 Å². The Morgan fingerprint density at radius 1 is 1.35 bits per heavy atom. The molecule has 26 heavy (non-hydrogen) atoms. The molecule has 1 saturated heterocycles. The third-order valence-electron chi connectivity index (χ3n) is 4.83. The van der Waals surface area contributed by atoms with Gasteiger partial charge < -0.3 is 10.2 Å². The van der Waals surface area contributed by atoms with Crippen molar-refractivity contribution in [3.8, 4) is 0 Å². The number of aryl methyl sites for hydroxylation is 1. The monoisotopic (exact) mass is 403 g/mol. The van der Waals surface area contributed by atoms with Crippen molar-refractivity contribution in [3.63, 3.8) is 0 Å². The van der Waals surface area contributed by atoms with Crippen LogP contribution in [0.4, 0.5) is 0 Å². The zero-order valence-corrected chi connectivity index (χ0v) is 17.6. The summed E-state index contributed by atoms with van der Waals surface area (Å²) < 4.78 is 27.6. The molecule has 0 aliphatic carbocycles. The average molecular weight is 404 g/mol. The zero-order valence-electron chi connectivity index (χ0n) is 16.0. The first-order chi connectivity index (χ1) is 11.8. The highest BCUT2D eigenvalue weighted by atomic mass is 35.5. The van der Waals surface area contributed by atoms with Crippen molar-refractivity contribution in [2.24, 2.45) is 0 Å². The van der Waals surface area contributed by atoms with Gasteiger partial charge in [-0.25, -0.2) is 8.42 Å². The number of carbonyl (C=O) groups is 1. The van der Waals surface area contributed by atoms with Crippen LogP contribution in [0.3, 0.4) is 0 Å². The molecule has 1 aliphatic heterocycles. The molecule has 0 spiro atoms. The first-order valence-corrected chi connectivity index (χ1v) is 10.3. The topological polar surface area (TPSA) is 69.7 Å². The molecule has 1 heterocycles. The second-order valence-corrected chi connectivity index (χ2v) is 8.66. The van der Waals surface area contributed by atoms with Crippen LogP contribution in [-0.4, -0.2) is 63.3 Å². The SMILES string of the molecule is CNCCN(C)C(=O)c1cc(S(=O)(=O)N2CCCCC2C)ccc1C.Cl. The highest BCUT2D eigenvalue weighted by molar-refractivity contribution is 7.89. The van der Waals surface area contributed by atoms with E-state index in [2.05, 4.69) is 5.32 Å². The van der Waals surface area contributed by atoms with Crippen molar-refractivity contribution < 1.29 is 13.2 Å². The van der Waals surface area contributed by atoms with E-state index in [9.17, 15) is 13.2 Å². The maximum atomic E-state index is 13.0. The van der Waals surface area contributed by atoms with E-state index in [-0.39, 0.29) is 29.3 Å². The highest BCUT2D eigenvalue weighted by Crippen LogP contribution is 2.26. The molecule has 0 radical (unpaired) electrons. The van der Waals surface area contributed by atoms with Crippen LogP contribution in [0.5, 0.6) is 0 Å². The maximum absolute atomic E-state index is 13.0. The summed E-state index contributed by atoms with van der Waals surface area (Å²) in [7, 11) is -0.0173. The van der Waals surface area contributed by atoms with Gasteiger partial charge in [-0.05, 0) is 51.4 Å². The predicted molar refractivity (Wildman–Crippen MR) is 107 cm³/mol. The van der Waals surface area contributed by atoms with Crippen molar-refractivity contribution in [1.29, 1.82) is 0 Å². The van der Waals surface area contributed by atoms with Gasteiger partial charge in [0, 0.05) is 38.3 Å². The minimum atomic E-state index is -3.58. The molecule has 0 saturated carbocycles. The van der Waals surface area contributed by atoms with Crippen LogP contribution >= 0.6 is 12.4 Å². The molecule has 0 bridgehead atoms. The van der Waals surface area contributed by atoms with E-state index < -0.39 is 10.0 Å². The molecule has 6 nitrogen and oxygen atoms in total. The Balaban J connectivity index is 0.00000338. The van der Waals surface area contributed by atoms with Gasteiger partial charge in [0.25, 0.3) is 5.91 Å². The van der Waals surface area contributed by atoms with Gasteiger partial charge in [0.1, 0.15) is 0 Å². The lowest BCUT2D eigenvalue weighted by atomic mass is 10.1. The molecule has 1 unspecified atom stereocenters. The summed E-state index contributed by atoms with van der Waals surface area (Å²) in [5.41, 5.74) is 1.23. The van der Waals surface area contributed by atoms with E-state index in [1.54, 1.807) is 28.4 Å². The molecule has 2 rings (SSSR count). The number of benzene rings is 1. The van der Waals surface area contributed by atoms with Crippen LogP contribution in [0.2, 0.25) is 0 Å². The second kappa shape index (κ2) is 9.69.